The van der Waals surface area contributed by atoms with Gasteiger partial charge in [-0.3, -0.25) is 4.79 Å². The molecule has 0 aliphatic carbocycles. The average molecular weight is 206 g/mol. The van der Waals surface area contributed by atoms with E-state index in [1.54, 1.807) is 6.07 Å². The molecular weight excluding hydrogens is 188 g/mol. The van der Waals surface area contributed by atoms with Gasteiger partial charge < -0.3 is 11.1 Å². The van der Waals surface area contributed by atoms with Gasteiger partial charge in [0.15, 0.2) is 0 Å². The first-order valence-electron chi connectivity index (χ1n) is 5.21. The highest BCUT2D eigenvalue weighted by molar-refractivity contribution is 5.92. The number of carbonyl (C=O) groups excluding carboxylic acids is 1. The van der Waals surface area contributed by atoms with Gasteiger partial charge >= 0.3 is 0 Å². The van der Waals surface area contributed by atoms with Crippen molar-refractivity contribution in [2.75, 3.05) is 11.1 Å². The molecule has 1 aromatic carbocycles. The third-order valence-electron chi connectivity index (χ3n) is 2.61. The highest BCUT2D eigenvalue weighted by atomic mass is 16.1. The maximum Gasteiger partial charge on any atom is 0.227 e. The molecule has 1 unspecified atom stereocenters. The van der Waals surface area contributed by atoms with E-state index in [0.717, 1.165) is 17.7 Å². The molecule has 0 saturated carbocycles. The lowest BCUT2D eigenvalue weighted by Crippen LogP contribution is -2.19. The van der Waals surface area contributed by atoms with E-state index < -0.39 is 0 Å². The van der Waals surface area contributed by atoms with Crippen molar-refractivity contribution in [2.45, 2.75) is 27.2 Å². The minimum atomic E-state index is 0.0347. The van der Waals surface area contributed by atoms with Crippen molar-refractivity contribution in [2.24, 2.45) is 5.92 Å². The van der Waals surface area contributed by atoms with Gasteiger partial charge in [0.2, 0.25) is 5.91 Å². The number of benzene rings is 1. The van der Waals surface area contributed by atoms with Crippen molar-refractivity contribution in [3.8, 4) is 0 Å². The summed E-state index contributed by atoms with van der Waals surface area (Å²) in [6.45, 7) is 5.84. The second-order valence-corrected chi connectivity index (χ2v) is 3.87. The SMILES string of the molecule is CCC(C)C(=O)Nc1ccc(C)c(N)c1. The molecule has 0 fully saturated rings. The Bertz CT molecular complexity index is 361. The summed E-state index contributed by atoms with van der Waals surface area (Å²) in [4.78, 5) is 11.6. The molecule has 1 rings (SSSR count). The lowest BCUT2D eigenvalue weighted by Gasteiger charge is -2.11. The number of amides is 1. The van der Waals surface area contributed by atoms with Crippen molar-refractivity contribution >= 4 is 17.3 Å². The Hall–Kier alpha value is -1.51. The van der Waals surface area contributed by atoms with E-state index in [-0.39, 0.29) is 11.8 Å². The van der Waals surface area contributed by atoms with E-state index in [9.17, 15) is 4.79 Å². The molecule has 0 radical (unpaired) electrons. The minimum absolute atomic E-state index is 0.0347. The third-order valence-corrected chi connectivity index (χ3v) is 2.61. The van der Waals surface area contributed by atoms with Crippen molar-refractivity contribution in [1.29, 1.82) is 0 Å². The third kappa shape index (κ3) is 2.98. The van der Waals surface area contributed by atoms with Gasteiger partial charge in [-0.1, -0.05) is 19.9 Å². The van der Waals surface area contributed by atoms with Crippen LogP contribution in [0.2, 0.25) is 0 Å². The zero-order valence-corrected chi connectivity index (χ0v) is 9.50. The monoisotopic (exact) mass is 206 g/mol. The molecule has 0 aromatic heterocycles. The molecule has 0 aliphatic heterocycles. The molecule has 0 aliphatic rings. The molecule has 1 atom stereocenters. The van der Waals surface area contributed by atoms with Gasteiger partial charge in [0.25, 0.3) is 0 Å². The average Bonchev–Trinajstić information content (AvgIpc) is 2.22. The van der Waals surface area contributed by atoms with Crippen LogP contribution in [0.5, 0.6) is 0 Å². The van der Waals surface area contributed by atoms with Crippen LogP contribution in [0.4, 0.5) is 11.4 Å². The summed E-state index contributed by atoms with van der Waals surface area (Å²) in [5, 5.41) is 2.84. The summed E-state index contributed by atoms with van der Waals surface area (Å²) in [6.07, 6.45) is 0.840. The van der Waals surface area contributed by atoms with E-state index in [4.69, 9.17) is 5.73 Å². The lowest BCUT2D eigenvalue weighted by atomic mass is 10.1. The molecule has 0 saturated heterocycles. The number of hydrogen-bond donors (Lipinski definition) is 2. The smallest absolute Gasteiger partial charge is 0.227 e. The summed E-state index contributed by atoms with van der Waals surface area (Å²) in [5.41, 5.74) is 8.25. The largest absolute Gasteiger partial charge is 0.398 e. The Balaban J connectivity index is 2.73. The van der Waals surface area contributed by atoms with E-state index in [1.165, 1.54) is 0 Å². The standard InChI is InChI=1S/C12H18N2O/c1-4-8(2)12(15)14-10-6-5-9(3)11(13)7-10/h5-8H,4,13H2,1-3H3,(H,14,15). The van der Waals surface area contributed by atoms with E-state index >= 15 is 0 Å². The number of carbonyl (C=O) groups is 1. The molecule has 3 N–H and O–H groups in total. The second-order valence-electron chi connectivity index (χ2n) is 3.87. The summed E-state index contributed by atoms with van der Waals surface area (Å²) in [7, 11) is 0. The quantitative estimate of drug-likeness (QED) is 0.747. The van der Waals surface area contributed by atoms with Crippen LogP contribution in [0.25, 0.3) is 0 Å². The molecule has 0 bridgehead atoms. The van der Waals surface area contributed by atoms with Gasteiger partial charge in [-0.2, -0.15) is 0 Å². The summed E-state index contributed by atoms with van der Waals surface area (Å²) >= 11 is 0. The number of rotatable bonds is 3. The van der Waals surface area contributed by atoms with Crippen LogP contribution >= 0.6 is 0 Å². The summed E-state index contributed by atoms with van der Waals surface area (Å²) in [6, 6.07) is 5.56. The predicted molar refractivity (Wildman–Crippen MR) is 63.7 cm³/mol. The Kier molecular flexibility index (Phi) is 3.72. The molecule has 0 spiro atoms. The number of nitrogens with two attached hydrogens (primary N) is 1. The minimum Gasteiger partial charge on any atom is -0.398 e. The molecule has 82 valence electrons. The Labute approximate surface area is 90.7 Å². The molecule has 15 heavy (non-hydrogen) atoms. The molecule has 1 amide bonds. The van der Waals surface area contributed by atoms with E-state index in [0.29, 0.717) is 5.69 Å². The van der Waals surface area contributed by atoms with Crippen LogP contribution in [0, 0.1) is 12.8 Å². The Morgan fingerprint density at radius 1 is 1.53 bits per heavy atom. The van der Waals surface area contributed by atoms with Crippen LogP contribution in [-0.4, -0.2) is 5.91 Å². The maximum absolute atomic E-state index is 11.6. The van der Waals surface area contributed by atoms with Crippen LogP contribution in [0.1, 0.15) is 25.8 Å². The van der Waals surface area contributed by atoms with Crippen molar-refractivity contribution in [3.05, 3.63) is 23.8 Å². The van der Waals surface area contributed by atoms with E-state index in [1.807, 2.05) is 32.9 Å². The molecule has 3 heteroatoms. The molecule has 3 nitrogen and oxygen atoms in total. The molecular formula is C12H18N2O. The van der Waals surface area contributed by atoms with Gasteiger partial charge in [-0.15, -0.1) is 0 Å². The summed E-state index contributed by atoms with van der Waals surface area (Å²) in [5.74, 6) is 0.0771. The zero-order valence-electron chi connectivity index (χ0n) is 9.50. The maximum atomic E-state index is 11.6. The number of nitrogen functional groups attached to an aromatic ring is 1. The molecule has 1 aromatic rings. The van der Waals surface area contributed by atoms with Gasteiger partial charge in [-0.25, -0.2) is 0 Å². The Morgan fingerprint density at radius 2 is 2.20 bits per heavy atom. The first-order chi connectivity index (χ1) is 7.04. The first kappa shape index (κ1) is 11.6. The van der Waals surface area contributed by atoms with Crippen LogP contribution in [-0.2, 0) is 4.79 Å². The van der Waals surface area contributed by atoms with Gasteiger partial charge in [0.05, 0.1) is 0 Å². The van der Waals surface area contributed by atoms with Crippen LogP contribution in [0.3, 0.4) is 0 Å². The summed E-state index contributed by atoms with van der Waals surface area (Å²) < 4.78 is 0. The highest BCUT2D eigenvalue weighted by Gasteiger charge is 2.10. The lowest BCUT2D eigenvalue weighted by molar-refractivity contribution is -0.119. The zero-order chi connectivity index (χ0) is 11.4. The number of nitrogens with one attached hydrogen (secondary N) is 1. The second kappa shape index (κ2) is 4.82. The number of aryl methyl sites for hydroxylation is 1. The fraction of sp³-hybridized carbons (Fsp3) is 0.417. The first-order valence-corrected chi connectivity index (χ1v) is 5.21. The number of hydrogen-bond acceptors (Lipinski definition) is 2. The van der Waals surface area contributed by atoms with Gasteiger partial charge in [-0.05, 0) is 31.0 Å². The van der Waals surface area contributed by atoms with Crippen molar-refractivity contribution in [1.82, 2.24) is 0 Å². The van der Waals surface area contributed by atoms with Crippen molar-refractivity contribution in [3.63, 3.8) is 0 Å². The fourth-order valence-corrected chi connectivity index (χ4v) is 1.17. The highest BCUT2D eigenvalue weighted by Crippen LogP contribution is 2.17. The van der Waals surface area contributed by atoms with E-state index in [2.05, 4.69) is 5.32 Å². The molecule has 0 heterocycles. The van der Waals surface area contributed by atoms with Crippen molar-refractivity contribution < 1.29 is 4.79 Å². The Morgan fingerprint density at radius 3 is 2.73 bits per heavy atom. The number of anilines is 2. The van der Waals surface area contributed by atoms with Gasteiger partial charge in [0.1, 0.15) is 0 Å². The normalized spacial score (nSPS) is 12.2. The predicted octanol–water partition coefficient (Wildman–Crippen LogP) is 2.56. The van der Waals surface area contributed by atoms with Crippen LogP contribution in [0.15, 0.2) is 18.2 Å². The van der Waals surface area contributed by atoms with Crippen LogP contribution < -0.4 is 11.1 Å². The topological polar surface area (TPSA) is 55.1 Å². The van der Waals surface area contributed by atoms with Gasteiger partial charge in [0, 0.05) is 17.3 Å². The fourth-order valence-electron chi connectivity index (χ4n) is 1.17.